The van der Waals surface area contributed by atoms with Crippen molar-refractivity contribution in [1.82, 2.24) is 9.97 Å². The maximum absolute atomic E-state index is 13.7. The first-order valence-corrected chi connectivity index (χ1v) is 13.1. The summed E-state index contributed by atoms with van der Waals surface area (Å²) in [6.45, 7) is 1.68. The summed E-state index contributed by atoms with van der Waals surface area (Å²) in [5, 5.41) is 19.4. The number of carboxylic acid groups (broad SMARTS) is 1. The van der Waals surface area contributed by atoms with Gasteiger partial charge in [0.2, 0.25) is 0 Å². The molecule has 4 N–H and O–H groups in total. The number of nitrogens with zero attached hydrogens (tertiary/aromatic N) is 3. The van der Waals surface area contributed by atoms with E-state index in [2.05, 4.69) is 4.98 Å². The number of rotatable bonds is 9. The van der Waals surface area contributed by atoms with Gasteiger partial charge in [-0.15, -0.1) is 0 Å². The van der Waals surface area contributed by atoms with Crippen molar-refractivity contribution in [3.05, 3.63) is 76.4 Å². The summed E-state index contributed by atoms with van der Waals surface area (Å²) in [5.41, 5.74) is 6.70. The molecule has 0 aliphatic carbocycles. The van der Waals surface area contributed by atoms with E-state index in [0.717, 1.165) is 34.2 Å². The summed E-state index contributed by atoms with van der Waals surface area (Å²) in [7, 11) is 3.08. The molecule has 0 saturated carbocycles. The lowest BCUT2D eigenvalue weighted by atomic mass is 9.80. The molecule has 41 heavy (non-hydrogen) atoms. The number of aryl methyl sites for hydroxylation is 1. The monoisotopic (exact) mass is 574 g/mol. The van der Waals surface area contributed by atoms with Gasteiger partial charge in [-0.05, 0) is 72.7 Å². The lowest BCUT2D eigenvalue weighted by molar-refractivity contribution is -0.137. The standard InChI is InChI=1S/C29H33F3N4O5/c1-4-28(33)15-23(22-13-19(29(30,31)32)7-8-25(22)36(28)27(38)39)26-34-16-18(6-5-9-37)24(35-26)12-17-10-20(40-2)14-21(11-17)41-3/h7-8,10-11,13-14,16,23,37H,4-6,9,12,15,33H2,1-3H3,(H,38,39)/t23-,28+/m0/s1. The van der Waals surface area contributed by atoms with Crippen molar-refractivity contribution in [3.8, 4) is 11.5 Å². The molecule has 9 nitrogen and oxygen atoms in total. The fourth-order valence-corrected chi connectivity index (χ4v) is 5.25. The molecule has 1 aliphatic heterocycles. The van der Waals surface area contributed by atoms with Crippen molar-refractivity contribution >= 4 is 11.8 Å². The highest BCUT2D eigenvalue weighted by atomic mass is 19.4. The Kier molecular flexibility index (Phi) is 8.74. The van der Waals surface area contributed by atoms with Crippen LogP contribution in [0.25, 0.3) is 0 Å². The number of alkyl halides is 3. The molecular formula is C29H33F3N4O5. The Labute approximate surface area is 235 Å². The highest BCUT2D eigenvalue weighted by Gasteiger charge is 2.46. The number of halogens is 3. The minimum Gasteiger partial charge on any atom is -0.497 e. The molecule has 1 aliphatic rings. The van der Waals surface area contributed by atoms with E-state index >= 15 is 0 Å². The van der Waals surface area contributed by atoms with Crippen molar-refractivity contribution in [2.24, 2.45) is 5.73 Å². The summed E-state index contributed by atoms with van der Waals surface area (Å²) in [6.07, 6.45) is -2.92. The van der Waals surface area contributed by atoms with Crippen LogP contribution in [0.2, 0.25) is 0 Å². The molecule has 0 radical (unpaired) electrons. The number of ether oxygens (including phenoxy) is 2. The topological polar surface area (TPSA) is 131 Å². The Morgan fingerprint density at radius 1 is 1.17 bits per heavy atom. The average Bonchev–Trinajstić information content (AvgIpc) is 2.94. The molecular weight excluding hydrogens is 541 g/mol. The van der Waals surface area contributed by atoms with E-state index < -0.39 is 29.4 Å². The summed E-state index contributed by atoms with van der Waals surface area (Å²) in [4.78, 5) is 22.6. The van der Waals surface area contributed by atoms with E-state index in [1.54, 1.807) is 19.2 Å². The molecule has 0 bridgehead atoms. The number of aliphatic hydroxyl groups is 1. The Morgan fingerprint density at radius 2 is 1.85 bits per heavy atom. The van der Waals surface area contributed by atoms with Gasteiger partial charge in [-0.2, -0.15) is 13.2 Å². The van der Waals surface area contributed by atoms with Gasteiger partial charge in [0.15, 0.2) is 0 Å². The van der Waals surface area contributed by atoms with E-state index in [4.69, 9.17) is 20.2 Å². The van der Waals surface area contributed by atoms with Crippen LogP contribution in [-0.2, 0) is 19.0 Å². The normalized spacial score (nSPS) is 18.6. The van der Waals surface area contributed by atoms with Crippen molar-refractivity contribution in [1.29, 1.82) is 0 Å². The molecule has 2 aromatic carbocycles. The van der Waals surface area contributed by atoms with Crippen molar-refractivity contribution in [3.63, 3.8) is 0 Å². The maximum atomic E-state index is 13.7. The fraction of sp³-hybridized carbons (Fsp3) is 0.414. The molecule has 1 amide bonds. The zero-order valence-corrected chi connectivity index (χ0v) is 23.0. The molecule has 0 unspecified atom stereocenters. The predicted molar refractivity (Wildman–Crippen MR) is 145 cm³/mol. The van der Waals surface area contributed by atoms with Crippen LogP contribution in [-0.4, -0.2) is 52.8 Å². The second-order valence-corrected chi connectivity index (χ2v) is 10.0. The second kappa shape index (κ2) is 11.9. The largest absolute Gasteiger partial charge is 0.497 e. The first-order valence-electron chi connectivity index (χ1n) is 13.1. The van der Waals surface area contributed by atoms with Crippen LogP contribution in [0, 0.1) is 0 Å². The van der Waals surface area contributed by atoms with Gasteiger partial charge in [0.1, 0.15) is 23.0 Å². The number of amides is 1. The van der Waals surface area contributed by atoms with Crippen LogP contribution in [0.15, 0.2) is 42.6 Å². The quantitative estimate of drug-likeness (QED) is 0.321. The maximum Gasteiger partial charge on any atom is 0.416 e. The van der Waals surface area contributed by atoms with Gasteiger partial charge >= 0.3 is 12.3 Å². The van der Waals surface area contributed by atoms with Gasteiger partial charge in [0.05, 0.1) is 31.2 Å². The molecule has 0 fully saturated rings. The van der Waals surface area contributed by atoms with Gasteiger partial charge in [0, 0.05) is 31.2 Å². The van der Waals surface area contributed by atoms with Crippen molar-refractivity contribution in [2.45, 2.75) is 56.8 Å². The molecule has 3 aromatic rings. The predicted octanol–water partition coefficient (Wildman–Crippen LogP) is 5.11. The fourth-order valence-electron chi connectivity index (χ4n) is 5.25. The van der Waals surface area contributed by atoms with Gasteiger partial charge < -0.3 is 25.4 Å². The number of anilines is 1. The minimum atomic E-state index is -4.64. The number of aromatic nitrogens is 2. The van der Waals surface area contributed by atoms with E-state index in [9.17, 15) is 28.2 Å². The number of hydrogen-bond donors (Lipinski definition) is 3. The molecule has 220 valence electrons. The van der Waals surface area contributed by atoms with E-state index in [0.29, 0.717) is 36.5 Å². The van der Waals surface area contributed by atoms with Gasteiger partial charge in [0.25, 0.3) is 0 Å². The Balaban J connectivity index is 1.88. The van der Waals surface area contributed by atoms with Crippen molar-refractivity contribution in [2.75, 3.05) is 25.7 Å². The van der Waals surface area contributed by atoms with Gasteiger partial charge in [-0.3, -0.25) is 4.90 Å². The first-order chi connectivity index (χ1) is 19.4. The lowest BCUT2D eigenvalue weighted by Gasteiger charge is -2.46. The summed E-state index contributed by atoms with van der Waals surface area (Å²) in [5.74, 6) is 0.585. The number of nitrogens with two attached hydrogens (primary N) is 1. The average molecular weight is 575 g/mol. The third-order valence-corrected chi connectivity index (χ3v) is 7.45. The Morgan fingerprint density at radius 3 is 2.41 bits per heavy atom. The van der Waals surface area contributed by atoms with Crippen LogP contribution in [0.5, 0.6) is 11.5 Å². The number of benzene rings is 2. The van der Waals surface area contributed by atoms with Crippen LogP contribution in [0.4, 0.5) is 23.7 Å². The molecule has 12 heteroatoms. The smallest absolute Gasteiger partial charge is 0.416 e. The Bertz CT molecular complexity index is 1400. The number of aliphatic hydroxyl groups excluding tert-OH is 1. The summed E-state index contributed by atoms with van der Waals surface area (Å²) in [6, 6.07) is 8.36. The second-order valence-electron chi connectivity index (χ2n) is 10.0. The Hall–Kier alpha value is -3.90. The molecule has 4 rings (SSSR count). The molecule has 0 saturated heterocycles. The molecule has 1 aromatic heterocycles. The van der Waals surface area contributed by atoms with Crippen molar-refractivity contribution < 1.29 is 37.7 Å². The highest BCUT2D eigenvalue weighted by molar-refractivity contribution is 5.90. The van der Waals surface area contributed by atoms with Crippen LogP contribution in [0.3, 0.4) is 0 Å². The van der Waals surface area contributed by atoms with Gasteiger partial charge in [-0.1, -0.05) is 6.92 Å². The van der Waals surface area contributed by atoms with E-state index in [1.807, 2.05) is 12.1 Å². The van der Waals surface area contributed by atoms with Crippen LogP contribution >= 0.6 is 0 Å². The molecule has 2 atom stereocenters. The number of fused-ring (bicyclic) bond motifs is 1. The van der Waals surface area contributed by atoms with E-state index in [-0.39, 0.29) is 36.5 Å². The number of methoxy groups -OCH3 is 2. The summed E-state index contributed by atoms with van der Waals surface area (Å²) >= 11 is 0. The summed E-state index contributed by atoms with van der Waals surface area (Å²) < 4.78 is 52.0. The van der Waals surface area contributed by atoms with Gasteiger partial charge in [-0.25, -0.2) is 14.8 Å². The van der Waals surface area contributed by atoms with Crippen LogP contribution < -0.4 is 20.1 Å². The molecule has 0 spiro atoms. The van der Waals surface area contributed by atoms with Crippen LogP contribution in [0.1, 0.15) is 65.9 Å². The third-order valence-electron chi connectivity index (χ3n) is 7.45. The third kappa shape index (κ3) is 6.23. The SMILES string of the molecule is CC[C@]1(N)C[C@H](c2ncc(CCCO)c(Cc3cc(OC)cc(OC)c3)n2)c2cc(C(F)(F)F)ccc2N1C(=O)O. The minimum absolute atomic E-state index is 0.0213. The molecule has 2 heterocycles. The first kappa shape index (κ1) is 30.1. The zero-order valence-electron chi connectivity index (χ0n) is 23.0. The number of hydrogen-bond acceptors (Lipinski definition) is 7. The zero-order chi connectivity index (χ0) is 29.9. The highest BCUT2D eigenvalue weighted by Crippen LogP contribution is 2.47. The van der Waals surface area contributed by atoms with E-state index in [1.165, 1.54) is 14.2 Å². The lowest BCUT2D eigenvalue weighted by Crippen LogP contribution is -2.61. The number of carbonyl (C=O) groups is 1.